The summed E-state index contributed by atoms with van der Waals surface area (Å²) in [6, 6.07) is 4.09. The molecule has 0 atom stereocenters. The maximum atomic E-state index is 13.0. The second kappa shape index (κ2) is 13.4. The van der Waals surface area contributed by atoms with Gasteiger partial charge in [-0.15, -0.1) is 0 Å². The van der Waals surface area contributed by atoms with Crippen LogP contribution in [-0.2, 0) is 33.2 Å². The number of nitrogens with one attached hydrogen (secondary N) is 2. The van der Waals surface area contributed by atoms with Gasteiger partial charge in [-0.2, -0.15) is 30.0 Å². The molecule has 2 heterocycles. The van der Waals surface area contributed by atoms with Crippen LogP contribution < -0.4 is 10.5 Å². The van der Waals surface area contributed by atoms with Crippen molar-refractivity contribution in [3.63, 3.8) is 0 Å². The van der Waals surface area contributed by atoms with Crippen molar-refractivity contribution >= 4 is 43.0 Å². The van der Waals surface area contributed by atoms with E-state index >= 15 is 0 Å². The largest absolute Gasteiger partial charge is 0.490 e. The quantitative estimate of drug-likeness (QED) is 0.156. The fourth-order valence-electron chi connectivity index (χ4n) is 2.83. The SMILES string of the molecule is CN(C(=N)N)C(=O)c1cc2c(CC(F)(F)F)ccc(OCCn3ccnc3)c2[nH]1.CS(=O)(=O)O.CS(=O)(=O)O. The molecule has 0 bridgehead atoms. The molecule has 0 radical (unpaired) electrons. The maximum absolute atomic E-state index is 13.0. The van der Waals surface area contributed by atoms with E-state index in [9.17, 15) is 34.8 Å². The standard InChI is InChI=1S/C18H19F3N6O2.2CH4O3S/c1-26(17(22)23)16(28)13-8-12-11(9-18(19,20)21)2-3-14(15(12)25-13)29-7-6-27-5-4-24-10-27;2*1-5(2,3)4/h2-5,8,10,25H,6-7,9H2,1H3,(H3,22,23);2*1H3,(H,2,3,4). The van der Waals surface area contributed by atoms with Crippen molar-refractivity contribution in [3.8, 4) is 5.75 Å². The van der Waals surface area contributed by atoms with Crippen molar-refractivity contribution in [1.29, 1.82) is 5.41 Å². The smallest absolute Gasteiger partial charge is 0.393 e. The highest BCUT2D eigenvalue weighted by Gasteiger charge is 2.30. The van der Waals surface area contributed by atoms with Crippen LogP contribution in [0.3, 0.4) is 0 Å². The molecule has 0 aliphatic rings. The summed E-state index contributed by atoms with van der Waals surface area (Å²) in [7, 11) is -6.03. The van der Waals surface area contributed by atoms with E-state index in [4.69, 9.17) is 25.0 Å². The summed E-state index contributed by atoms with van der Waals surface area (Å²) in [4.78, 5) is 20.1. The summed E-state index contributed by atoms with van der Waals surface area (Å²) >= 11 is 0. The Labute approximate surface area is 221 Å². The number of aromatic nitrogens is 3. The van der Waals surface area contributed by atoms with Crippen molar-refractivity contribution < 1.29 is 48.6 Å². The molecule has 0 saturated carbocycles. The molecule has 39 heavy (non-hydrogen) atoms. The summed E-state index contributed by atoms with van der Waals surface area (Å²) in [6.07, 6.45) is 0.877. The van der Waals surface area contributed by atoms with Gasteiger partial charge in [0.15, 0.2) is 5.96 Å². The zero-order chi connectivity index (χ0) is 30.2. The minimum Gasteiger partial charge on any atom is -0.490 e. The summed E-state index contributed by atoms with van der Waals surface area (Å²) in [6.45, 7) is 0.741. The number of ether oxygens (including phenoxy) is 1. The number of carbonyl (C=O) groups excluding carboxylic acids is 1. The third kappa shape index (κ3) is 13.6. The summed E-state index contributed by atoms with van der Waals surface area (Å²) in [5, 5.41) is 7.59. The summed E-state index contributed by atoms with van der Waals surface area (Å²) in [5.74, 6) is -0.812. The Hall–Kier alpha value is -3.68. The molecule has 19 heteroatoms. The first-order chi connectivity index (χ1) is 17.7. The van der Waals surface area contributed by atoms with E-state index in [0.29, 0.717) is 24.8 Å². The number of carbonyl (C=O) groups is 1. The van der Waals surface area contributed by atoms with Gasteiger partial charge in [0, 0.05) is 24.8 Å². The number of rotatable bonds is 6. The van der Waals surface area contributed by atoms with Gasteiger partial charge < -0.3 is 20.0 Å². The molecule has 3 rings (SSSR count). The number of nitrogens with zero attached hydrogens (tertiary/aromatic N) is 3. The lowest BCUT2D eigenvalue weighted by atomic mass is 10.1. The topological polar surface area (TPSA) is 222 Å². The number of fused-ring (bicyclic) bond motifs is 1. The molecular weight excluding hydrogens is 573 g/mol. The van der Waals surface area contributed by atoms with Gasteiger partial charge in [0.25, 0.3) is 26.1 Å². The Kier molecular flexibility index (Phi) is 11.5. The van der Waals surface area contributed by atoms with Crippen LogP contribution in [0.15, 0.2) is 36.9 Å². The lowest BCUT2D eigenvalue weighted by Crippen LogP contribution is -2.38. The second-order valence-corrected chi connectivity index (χ2v) is 10.8. The number of benzene rings is 1. The Morgan fingerprint density at radius 2 is 1.77 bits per heavy atom. The lowest BCUT2D eigenvalue weighted by molar-refractivity contribution is -0.127. The second-order valence-electron chi connectivity index (χ2n) is 7.85. The minimum atomic E-state index is -4.41. The van der Waals surface area contributed by atoms with E-state index in [1.165, 1.54) is 25.2 Å². The number of hydrogen-bond acceptors (Lipinski definition) is 8. The first-order valence-corrected chi connectivity index (χ1v) is 14.1. The van der Waals surface area contributed by atoms with Gasteiger partial charge in [0.2, 0.25) is 0 Å². The van der Waals surface area contributed by atoms with E-state index in [2.05, 4.69) is 9.97 Å². The van der Waals surface area contributed by atoms with Gasteiger partial charge >= 0.3 is 6.18 Å². The predicted molar refractivity (Wildman–Crippen MR) is 135 cm³/mol. The fourth-order valence-corrected chi connectivity index (χ4v) is 2.83. The Morgan fingerprint density at radius 3 is 2.23 bits per heavy atom. The first kappa shape index (κ1) is 33.3. The number of imidazole rings is 1. The molecule has 1 aromatic carbocycles. The molecule has 1 amide bonds. The van der Waals surface area contributed by atoms with E-state index in [1.807, 2.05) is 0 Å². The average Bonchev–Trinajstić information content (AvgIpc) is 3.41. The number of alkyl halides is 3. The van der Waals surface area contributed by atoms with Crippen LogP contribution in [-0.4, -0.2) is 89.6 Å². The highest BCUT2D eigenvalue weighted by atomic mass is 32.2. The Balaban J connectivity index is 0.000000650. The molecule has 0 aliphatic carbocycles. The Morgan fingerprint density at radius 1 is 1.21 bits per heavy atom. The molecule has 14 nitrogen and oxygen atoms in total. The van der Waals surface area contributed by atoms with Crippen molar-refractivity contribution in [3.05, 3.63) is 48.2 Å². The highest BCUT2D eigenvalue weighted by Crippen LogP contribution is 2.33. The maximum Gasteiger partial charge on any atom is 0.393 e. The van der Waals surface area contributed by atoms with E-state index in [1.54, 1.807) is 23.3 Å². The molecule has 218 valence electrons. The monoisotopic (exact) mass is 600 g/mol. The predicted octanol–water partition coefficient (Wildman–Crippen LogP) is 1.52. The number of H-pyrrole nitrogens is 1. The first-order valence-electron chi connectivity index (χ1n) is 10.4. The molecule has 0 fully saturated rings. The molecule has 3 aromatic rings. The molecule has 2 aromatic heterocycles. The van der Waals surface area contributed by atoms with Crippen LogP contribution in [0.1, 0.15) is 16.1 Å². The highest BCUT2D eigenvalue weighted by molar-refractivity contribution is 7.85. The Bertz CT molecular complexity index is 1440. The number of aromatic amines is 1. The normalized spacial score (nSPS) is 11.6. The van der Waals surface area contributed by atoms with E-state index < -0.39 is 44.7 Å². The number of nitrogens with two attached hydrogens (primary N) is 1. The van der Waals surface area contributed by atoms with Crippen LogP contribution in [0.2, 0.25) is 0 Å². The van der Waals surface area contributed by atoms with Crippen LogP contribution in [0.5, 0.6) is 5.75 Å². The van der Waals surface area contributed by atoms with E-state index in [-0.39, 0.29) is 28.8 Å². The molecular formula is C20H27F3N6O8S2. The van der Waals surface area contributed by atoms with Gasteiger partial charge in [-0.1, -0.05) is 6.07 Å². The summed E-state index contributed by atoms with van der Waals surface area (Å²) in [5.41, 5.74) is 5.61. The van der Waals surface area contributed by atoms with Crippen molar-refractivity contribution in [2.75, 3.05) is 26.2 Å². The van der Waals surface area contributed by atoms with Gasteiger partial charge in [0.1, 0.15) is 18.1 Å². The molecule has 0 spiro atoms. The molecule has 6 N–H and O–H groups in total. The number of guanidine groups is 1. The van der Waals surface area contributed by atoms with Gasteiger partial charge in [-0.25, -0.2) is 4.98 Å². The third-order valence-corrected chi connectivity index (χ3v) is 4.30. The minimum absolute atomic E-state index is 0.00628. The van der Waals surface area contributed by atoms with Crippen LogP contribution in [0.4, 0.5) is 13.2 Å². The average molecular weight is 601 g/mol. The van der Waals surface area contributed by atoms with Gasteiger partial charge in [0.05, 0.1) is 37.3 Å². The van der Waals surface area contributed by atoms with Crippen molar-refractivity contribution in [2.45, 2.75) is 19.1 Å². The van der Waals surface area contributed by atoms with Crippen molar-refractivity contribution in [1.82, 2.24) is 19.4 Å². The molecule has 0 saturated heterocycles. The van der Waals surface area contributed by atoms with E-state index in [0.717, 1.165) is 4.90 Å². The number of hydrogen-bond donors (Lipinski definition) is 5. The van der Waals surface area contributed by atoms with Gasteiger partial charge in [-0.3, -0.25) is 24.2 Å². The number of amides is 1. The zero-order valence-electron chi connectivity index (χ0n) is 20.8. The number of halogens is 3. The molecule has 0 aliphatic heterocycles. The van der Waals surface area contributed by atoms with Gasteiger partial charge in [-0.05, 0) is 17.7 Å². The fraction of sp³-hybridized carbons (Fsp3) is 0.350. The third-order valence-electron chi connectivity index (χ3n) is 4.30. The van der Waals surface area contributed by atoms with Crippen LogP contribution in [0, 0.1) is 5.41 Å². The van der Waals surface area contributed by atoms with Crippen LogP contribution >= 0.6 is 0 Å². The zero-order valence-corrected chi connectivity index (χ0v) is 22.4. The van der Waals surface area contributed by atoms with Crippen molar-refractivity contribution in [2.24, 2.45) is 5.73 Å². The van der Waals surface area contributed by atoms with Crippen LogP contribution in [0.25, 0.3) is 10.9 Å². The summed E-state index contributed by atoms with van der Waals surface area (Å²) < 4.78 is 98.1. The lowest BCUT2D eigenvalue weighted by Gasteiger charge is -2.13. The molecule has 0 unspecified atom stereocenters.